The molecule has 0 aliphatic carbocycles. The van der Waals surface area contributed by atoms with Gasteiger partial charge in [0.1, 0.15) is 0 Å². The van der Waals surface area contributed by atoms with E-state index in [0.717, 1.165) is 15.4 Å². The number of esters is 1. The average molecular weight is 475 g/mol. The van der Waals surface area contributed by atoms with E-state index in [1.165, 1.54) is 36.0 Å². The topological polar surface area (TPSA) is 107 Å². The molecular formula is C26H22N2O5S. The zero-order chi connectivity index (χ0) is 24.2. The monoisotopic (exact) mass is 474 g/mol. The van der Waals surface area contributed by atoms with E-state index in [4.69, 9.17) is 10.5 Å². The maximum absolute atomic E-state index is 12.9. The van der Waals surface area contributed by atoms with Gasteiger partial charge >= 0.3 is 5.97 Å². The molecule has 0 radical (unpaired) electrons. The highest BCUT2D eigenvalue weighted by Gasteiger charge is 2.40. The van der Waals surface area contributed by atoms with E-state index in [2.05, 4.69) is 0 Å². The molecule has 8 heteroatoms. The van der Waals surface area contributed by atoms with Crippen molar-refractivity contribution >= 4 is 46.7 Å². The molecule has 1 heterocycles. The van der Waals surface area contributed by atoms with Crippen LogP contribution in [0, 0.1) is 6.92 Å². The number of nitrogens with two attached hydrogens (primary N) is 1. The number of ether oxygens (including phenoxy) is 1. The summed E-state index contributed by atoms with van der Waals surface area (Å²) >= 11 is 1.29. The van der Waals surface area contributed by atoms with Crippen LogP contribution in [0.3, 0.4) is 0 Å². The molecule has 0 aromatic heterocycles. The molecule has 0 spiro atoms. The van der Waals surface area contributed by atoms with E-state index in [-0.39, 0.29) is 36.2 Å². The van der Waals surface area contributed by atoms with Crippen LogP contribution in [-0.4, -0.2) is 35.4 Å². The van der Waals surface area contributed by atoms with Crippen LogP contribution in [0.1, 0.15) is 32.7 Å². The highest BCUT2D eigenvalue weighted by Crippen LogP contribution is 2.34. The van der Waals surface area contributed by atoms with Crippen molar-refractivity contribution in [1.82, 2.24) is 0 Å². The highest BCUT2D eigenvalue weighted by atomic mass is 32.2. The summed E-state index contributed by atoms with van der Waals surface area (Å²) in [6, 6.07) is 20.1. The third-order valence-corrected chi connectivity index (χ3v) is 6.49. The minimum Gasteiger partial charge on any atom is -0.454 e. The van der Waals surface area contributed by atoms with Gasteiger partial charge in [-0.3, -0.25) is 14.4 Å². The van der Waals surface area contributed by atoms with Gasteiger partial charge in [0, 0.05) is 22.6 Å². The van der Waals surface area contributed by atoms with Gasteiger partial charge in [-0.1, -0.05) is 35.9 Å². The summed E-state index contributed by atoms with van der Waals surface area (Å²) in [7, 11) is 0. The highest BCUT2D eigenvalue weighted by molar-refractivity contribution is 8.00. The van der Waals surface area contributed by atoms with Crippen molar-refractivity contribution in [3.05, 3.63) is 89.5 Å². The van der Waals surface area contributed by atoms with Crippen LogP contribution < -0.4 is 10.6 Å². The van der Waals surface area contributed by atoms with Crippen LogP contribution in [0.5, 0.6) is 0 Å². The Morgan fingerprint density at radius 1 is 1.00 bits per heavy atom. The third-order valence-electron chi connectivity index (χ3n) is 5.31. The smallest absolute Gasteiger partial charge is 0.338 e. The lowest BCUT2D eigenvalue weighted by atomic mass is 10.1. The van der Waals surface area contributed by atoms with Crippen LogP contribution in [0.15, 0.2) is 77.7 Å². The second kappa shape index (κ2) is 9.93. The van der Waals surface area contributed by atoms with Crippen molar-refractivity contribution in [2.75, 3.05) is 17.2 Å². The normalized spacial score (nSPS) is 15.4. The summed E-state index contributed by atoms with van der Waals surface area (Å²) in [6.07, 6.45) is 0.0726. The number of aryl methyl sites for hydroxylation is 1. The molecule has 4 rings (SSSR count). The lowest BCUT2D eigenvalue weighted by molar-refractivity contribution is -0.121. The maximum Gasteiger partial charge on any atom is 0.338 e. The molecule has 2 amide bonds. The number of nitrogens with zero attached hydrogens (tertiary/aromatic N) is 1. The fourth-order valence-corrected chi connectivity index (χ4v) is 4.63. The molecule has 2 N–H and O–H groups in total. The summed E-state index contributed by atoms with van der Waals surface area (Å²) in [4.78, 5) is 51.9. The van der Waals surface area contributed by atoms with Crippen molar-refractivity contribution in [2.24, 2.45) is 0 Å². The molecule has 172 valence electrons. The molecule has 3 aromatic rings. The number of thioether (sulfide) groups is 1. The summed E-state index contributed by atoms with van der Waals surface area (Å²) in [5.41, 5.74) is 8.45. The molecule has 0 saturated carbocycles. The van der Waals surface area contributed by atoms with Crippen LogP contribution in [0.4, 0.5) is 11.4 Å². The van der Waals surface area contributed by atoms with E-state index in [1.807, 2.05) is 25.1 Å². The number of ketones is 1. The van der Waals surface area contributed by atoms with Gasteiger partial charge in [-0.05, 0) is 49.4 Å². The minimum absolute atomic E-state index is 0.0726. The molecule has 1 aliphatic heterocycles. The van der Waals surface area contributed by atoms with Gasteiger partial charge < -0.3 is 10.5 Å². The van der Waals surface area contributed by atoms with Crippen LogP contribution in [0.2, 0.25) is 0 Å². The van der Waals surface area contributed by atoms with E-state index < -0.39 is 11.2 Å². The number of anilines is 2. The number of carbonyl (C=O) groups is 4. The predicted octanol–water partition coefficient (Wildman–Crippen LogP) is 4.04. The van der Waals surface area contributed by atoms with E-state index >= 15 is 0 Å². The van der Waals surface area contributed by atoms with Crippen molar-refractivity contribution in [3.63, 3.8) is 0 Å². The molecule has 1 unspecified atom stereocenters. The van der Waals surface area contributed by atoms with E-state index in [1.54, 1.807) is 30.3 Å². The zero-order valence-corrected chi connectivity index (χ0v) is 19.2. The number of hydrogen-bond acceptors (Lipinski definition) is 7. The summed E-state index contributed by atoms with van der Waals surface area (Å²) in [6.45, 7) is 1.54. The van der Waals surface area contributed by atoms with Crippen molar-refractivity contribution in [2.45, 2.75) is 23.5 Å². The number of rotatable bonds is 7. The first-order chi connectivity index (χ1) is 16.3. The predicted molar refractivity (Wildman–Crippen MR) is 130 cm³/mol. The second-order valence-corrected chi connectivity index (χ2v) is 9.14. The maximum atomic E-state index is 12.9. The van der Waals surface area contributed by atoms with Crippen molar-refractivity contribution < 1.29 is 23.9 Å². The first kappa shape index (κ1) is 23.3. The molecular weight excluding hydrogens is 452 g/mol. The Morgan fingerprint density at radius 3 is 2.35 bits per heavy atom. The Kier molecular flexibility index (Phi) is 6.79. The Bertz CT molecular complexity index is 1250. The molecule has 1 fully saturated rings. The standard InChI is InChI=1S/C26H22N2O5S/c1-16-5-7-17(8-6-16)22(29)15-33-26(32)18-9-11-20(12-10-18)28-24(30)14-23(25(28)31)34-21-4-2-3-19(27)13-21/h2-13,23H,14-15,27H2,1H3. The fraction of sp³-hybridized carbons (Fsp3) is 0.154. The summed E-state index contributed by atoms with van der Waals surface area (Å²) in [5.74, 6) is -1.61. The van der Waals surface area contributed by atoms with Crippen molar-refractivity contribution in [3.8, 4) is 0 Å². The van der Waals surface area contributed by atoms with Gasteiger partial charge in [0.2, 0.25) is 11.8 Å². The average Bonchev–Trinajstić information content (AvgIpc) is 3.10. The first-order valence-electron chi connectivity index (χ1n) is 10.6. The zero-order valence-electron chi connectivity index (χ0n) is 18.4. The Balaban J connectivity index is 1.38. The summed E-state index contributed by atoms with van der Waals surface area (Å²) < 4.78 is 5.13. The Hall–Kier alpha value is -3.91. The molecule has 1 saturated heterocycles. The van der Waals surface area contributed by atoms with Crippen molar-refractivity contribution in [1.29, 1.82) is 0 Å². The van der Waals surface area contributed by atoms with Gasteiger partial charge in [-0.25, -0.2) is 9.69 Å². The Morgan fingerprint density at radius 2 is 1.68 bits per heavy atom. The number of benzene rings is 3. The minimum atomic E-state index is -0.666. The molecule has 3 aromatic carbocycles. The number of amides is 2. The van der Waals surface area contributed by atoms with Gasteiger partial charge in [0.15, 0.2) is 12.4 Å². The van der Waals surface area contributed by atoms with E-state index in [9.17, 15) is 19.2 Å². The lowest BCUT2D eigenvalue weighted by Gasteiger charge is -2.15. The lowest BCUT2D eigenvalue weighted by Crippen LogP contribution is -2.31. The van der Waals surface area contributed by atoms with Crippen LogP contribution >= 0.6 is 11.8 Å². The SMILES string of the molecule is Cc1ccc(C(=O)COC(=O)c2ccc(N3C(=O)CC(Sc4cccc(N)c4)C3=O)cc2)cc1. The van der Waals surface area contributed by atoms with E-state index in [0.29, 0.717) is 16.9 Å². The number of carbonyl (C=O) groups excluding carboxylic acids is 4. The number of Topliss-reactive ketones (excluding diaryl/α,β-unsaturated/α-hetero) is 1. The van der Waals surface area contributed by atoms with Crippen LogP contribution in [-0.2, 0) is 14.3 Å². The largest absolute Gasteiger partial charge is 0.454 e. The molecule has 1 aliphatic rings. The van der Waals surface area contributed by atoms with Crippen LogP contribution in [0.25, 0.3) is 0 Å². The number of imide groups is 1. The molecule has 1 atom stereocenters. The molecule has 34 heavy (non-hydrogen) atoms. The number of hydrogen-bond donors (Lipinski definition) is 1. The summed E-state index contributed by atoms with van der Waals surface area (Å²) in [5, 5.41) is -0.549. The van der Waals surface area contributed by atoms with Gasteiger partial charge in [0.05, 0.1) is 16.5 Å². The van der Waals surface area contributed by atoms with Gasteiger partial charge in [0.25, 0.3) is 0 Å². The first-order valence-corrected chi connectivity index (χ1v) is 11.5. The fourth-order valence-electron chi connectivity index (χ4n) is 3.50. The Labute approximate surface area is 200 Å². The third kappa shape index (κ3) is 5.18. The quantitative estimate of drug-likeness (QED) is 0.238. The second-order valence-electron chi connectivity index (χ2n) is 7.86. The molecule has 7 nitrogen and oxygen atoms in total. The van der Waals surface area contributed by atoms with Gasteiger partial charge in [-0.15, -0.1) is 11.8 Å². The molecule has 0 bridgehead atoms. The number of nitrogen functional groups attached to an aromatic ring is 1. The van der Waals surface area contributed by atoms with Gasteiger partial charge in [-0.2, -0.15) is 0 Å².